The van der Waals surface area contributed by atoms with Crippen LogP contribution in [0.4, 0.5) is 11.4 Å². The van der Waals surface area contributed by atoms with Crippen molar-refractivity contribution in [3.8, 4) is 0 Å². The monoisotopic (exact) mass is 306 g/mol. The topological polar surface area (TPSA) is 72.7 Å². The first-order chi connectivity index (χ1) is 10.4. The molecule has 0 radical (unpaired) electrons. The number of hydrogen-bond acceptors (Lipinski definition) is 5. The summed E-state index contributed by atoms with van der Waals surface area (Å²) < 4.78 is 4.79. The van der Waals surface area contributed by atoms with Gasteiger partial charge in [0.15, 0.2) is 0 Å². The van der Waals surface area contributed by atoms with Crippen molar-refractivity contribution in [2.75, 3.05) is 18.6 Å². The number of methoxy groups -OCH3 is 1. The second-order valence-electron chi connectivity index (χ2n) is 6.09. The molecule has 0 saturated heterocycles. The Kier molecular flexibility index (Phi) is 5.00. The second kappa shape index (κ2) is 6.77. The van der Waals surface area contributed by atoms with Crippen LogP contribution in [-0.4, -0.2) is 30.6 Å². The number of nitro benzene ring substituents is 1. The Hall–Kier alpha value is -2.11. The molecule has 0 aromatic heterocycles. The Morgan fingerprint density at radius 1 is 1.50 bits per heavy atom. The van der Waals surface area contributed by atoms with Gasteiger partial charge in [0.05, 0.1) is 18.5 Å². The van der Waals surface area contributed by atoms with Crippen molar-refractivity contribution in [2.24, 2.45) is 5.92 Å². The van der Waals surface area contributed by atoms with Crippen molar-refractivity contribution in [3.63, 3.8) is 0 Å². The number of benzene rings is 1. The van der Waals surface area contributed by atoms with Crippen LogP contribution in [0.15, 0.2) is 18.2 Å². The maximum Gasteiger partial charge on any atom is 0.307 e. The van der Waals surface area contributed by atoms with Gasteiger partial charge in [-0.15, -0.1) is 0 Å². The smallest absolute Gasteiger partial charge is 0.307 e. The highest BCUT2D eigenvalue weighted by Gasteiger charge is 2.29. The number of ether oxygens (including phenoxy) is 1. The standard InChI is InChI=1S/C16H22N2O4/c1-11(2)10-17-13(9-16(19)22-3)5-4-12-8-14(18(20)21)6-7-15(12)17/h6-8,11,13H,4-5,9-10H2,1-3H3. The Bertz CT molecular complexity index is 571. The molecule has 1 aromatic rings. The first-order valence-corrected chi connectivity index (χ1v) is 7.53. The highest BCUT2D eigenvalue weighted by molar-refractivity contribution is 5.71. The van der Waals surface area contributed by atoms with E-state index in [4.69, 9.17) is 4.74 Å². The molecule has 1 aromatic carbocycles. The predicted molar refractivity (Wildman–Crippen MR) is 84.0 cm³/mol. The summed E-state index contributed by atoms with van der Waals surface area (Å²) in [4.78, 5) is 24.4. The van der Waals surface area contributed by atoms with Gasteiger partial charge in [0, 0.05) is 30.4 Å². The summed E-state index contributed by atoms with van der Waals surface area (Å²) >= 11 is 0. The third kappa shape index (κ3) is 3.55. The minimum atomic E-state index is -0.367. The fraction of sp³-hybridized carbons (Fsp3) is 0.562. The van der Waals surface area contributed by atoms with Crippen LogP contribution in [0.5, 0.6) is 0 Å². The van der Waals surface area contributed by atoms with Gasteiger partial charge in [-0.2, -0.15) is 0 Å². The summed E-state index contributed by atoms with van der Waals surface area (Å²) in [7, 11) is 1.40. The fourth-order valence-electron chi connectivity index (χ4n) is 2.97. The molecule has 22 heavy (non-hydrogen) atoms. The fourth-order valence-corrected chi connectivity index (χ4v) is 2.97. The summed E-state index contributed by atoms with van der Waals surface area (Å²) in [6.07, 6.45) is 1.89. The molecule has 0 amide bonds. The molecule has 1 aliphatic rings. The number of anilines is 1. The molecule has 1 atom stereocenters. The minimum Gasteiger partial charge on any atom is -0.469 e. The Morgan fingerprint density at radius 3 is 2.82 bits per heavy atom. The summed E-state index contributed by atoms with van der Waals surface area (Å²) in [5.74, 6) is 0.213. The van der Waals surface area contributed by atoms with Crippen molar-refractivity contribution in [3.05, 3.63) is 33.9 Å². The van der Waals surface area contributed by atoms with Crippen molar-refractivity contribution in [1.82, 2.24) is 0 Å². The van der Waals surface area contributed by atoms with Crippen LogP contribution in [0, 0.1) is 16.0 Å². The van der Waals surface area contributed by atoms with E-state index in [-0.39, 0.29) is 22.6 Å². The van der Waals surface area contributed by atoms with E-state index in [1.807, 2.05) is 0 Å². The molecule has 0 N–H and O–H groups in total. The number of nitro groups is 1. The highest BCUT2D eigenvalue weighted by Crippen LogP contribution is 2.35. The lowest BCUT2D eigenvalue weighted by Gasteiger charge is -2.39. The lowest BCUT2D eigenvalue weighted by atomic mass is 9.92. The van der Waals surface area contributed by atoms with Crippen molar-refractivity contribution in [1.29, 1.82) is 0 Å². The van der Waals surface area contributed by atoms with Crippen LogP contribution in [0.3, 0.4) is 0 Å². The van der Waals surface area contributed by atoms with Crippen LogP contribution >= 0.6 is 0 Å². The van der Waals surface area contributed by atoms with E-state index in [1.54, 1.807) is 12.1 Å². The van der Waals surface area contributed by atoms with Gasteiger partial charge in [-0.25, -0.2) is 0 Å². The molecule has 2 rings (SSSR count). The molecule has 0 spiro atoms. The second-order valence-corrected chi connectivity index (χ2v) is 6.09. The van der Waals surface area contributed by atoms with Crippen molar-refractivity contribution in [2.45, 2.75) is 39.2 Å². The molecule has 6 heteroatoms. The van der Waals surface area contributed by atoms with E-state index in [0.717, 1.165) is 30.6 Å². The minimum absolute atomic E-state index is 0.0869. The molecule has 6 nitrogen and oxygen atoms in total. The Labute approximate surface area is 130 Å². The van der Waals surface area contributed by atoms with E-state index in [0.29, 0.717) is 12.3 Å². The Balaban J connectivity index is 2.32. The summed E-state index contributed by atoms with van der Waals surface area (Å²) in [6.45, 7) is 5.05. The first-order valence-electron chi connectivity index (χ1n) is 7.53. The largest absolute Gasteiger partial charge is 0.469 e. The van der Waals surface area contributed by atoms with E-state index in [2.05, 4.69) is 18.7 Å². The molecule has 120 valence electrons. The number of carbonyl (C=O) groups is 1. The lowest BCUT2D eigenvalue weighted by Crippen LogP contribution is -2.43. The van der Waals surface area contributed by atoms with E-state index < -0.39 is 0 Å². The van der Waals surface area contributed by atoms with Gasteiger partial charge < -0.3 is 9.64 Å². The summed E-state index contributed by atoms with van der Waals surface area (Å²) in [6, 6.07) is 5.08. The normalized spacial score (nSPS) is 17.3. The predicted octanol–water partition coefficient (Wildman–Crippen LogP) is 2.94. The summed E-state index contributed by atoms with van der Waals surface area (Å²) in [5.41, 5.74) is 2.10. The van der Waals surface area contributed by atoms with Crippen molar-refractivity contribution >= 4 is 17.3 Å². The molecule has 0 aliphatic carbocycles. The zero-order valence-corrected chi connectivity index (χ0v) is 13.2. The van der Waals surface area contributed by atoms with Crippen LogP contribution < -0.4 is 4.90 Å². The number of carbonyl (C=O) groups excluding carboxylic acids is 1. The molecular weight excluding hydrogens is 284 g/mol. The maximum atomic E-state index is 11.6. The van der Waals surface area contributed by atoms with Crippen LogP contribution in [0.2, 0.25) is 0 Å². The molecule has 0 saturated carbocycles. The van der Waals surface area contributed by atoms with Gasteiger partial charge >= 0.3 is 5.97 Å². The third-order valence-electron chi connectivity index (χ3n) is 3.96. The van der Waals surface area contributed by atoms with Gasteiger partial charge in [-0.1, -0.05) is 13.8 Å². The molecular formula is C16H22N2O4. The average Bonchev–Trinajstić information content (AvgIpc) is 2.48. The number of esters is 1. The van der Waals surface area contributed by atoms with Gasteiger partial charge in [-0.05, 0) is 30.4 Å². The maximum absolute atomic E-state index is 11.6. The zero-order chi connectivity index (χ0) is 16.3. The van der Waals surface area contributed by atoms with Crippen LogP contribution in [-0.2, 0) is 16.0 Å². The first kappa shape index (κ1) is 16.3. The third-order valence-corrected chi connectivity index (χ3v) is 3.96. The Morgan fingerprint density at radius 2 is 2.23 bits per heavy atom. The molecule has 1 unspecified atom stereocenters. The van der Waals surface area contributed by atoms with Gasteiger partial charge in [0.25, 0.3) is 5.69 Å². The van der Waals surface area contributed by atoms with Crippen LogP contribution in [0.25, 0.3) is 0 Å². The van der Waals surface area contributed by atoms with Crippen LogP contribution in [0.1, 0.15) is 32.3 Å². The number of nitrogens with zero attached hydrogens (tertiary/aromatic N) is 2. The van der Waals surface area contributed by atoms with Gasteiger partial charge in [0.2, 0.25) is 0 Å². The van der Waals surface area contributed by atoms with Gasteiger partial charge in [-0.3, -0.25) is 14.9 Å². The number of fused-ring (bicyclic) bond motifs is 1. The van der Waals surface area contributed by atoms with Crippen molar-refractivity contribution < 1.29 is 14.5 Å². The van der Waals surface area contributed by atoms with E-state index >= 15 is 0 Å². The molecule has 1 heterocycles. The lowest BCUT2D eigenvalue weighted by molar-refractivity contribution is -0.384. The number of rotatable bonds is 5. The summed E-state index contributed by atoms with van der Waals surface area (Å²) in [5, 5.41) is 10.9. The number of hydrogen-bond donors (Lipinski definition) is 0. The van der Waals surface area contributed by atoms with Gasteiger partial charge in [0.1, 0.15) is 0 Å². The number of non-ortho nitro benzene ring substituents is 1. The number of aryl methyl sites for hydroxylation is 1. The van der Waals surface area contributed by atoms with E-state index in [1.165, 1.54) is 13.2 Å². The van der Waals surface area contributed by atoms with E-state index in [9.17, 15) is 14.9 Å². The molecule has 0 fully saturated rings. The SMILES string of the molecule is COC(=O)CC1CCc2cc([N+](=O)[O-])ccc2N1CC(C)C. The quantitative estimate of drug-likeness (QED) is 0.475. The average molecular weight is 306 g/mol. The molecule has 1 aliphatic heterocycles. The highest BCUT2D eigenvalue weighted by atomic mass is 16.6. The zero-order valence-electron chi connectivity index (χ0n) is 13.2. The molecule has 0 bridgehead atoms.